The zero-order valence-corrected chi connectivity index (χ0v) is 11.1. The van der Waals surface area contributed by atoms with Crippen molar-refractivity contribution in [2.24, 2.45) is 11.7 Å². The van der Waals surface area contributed by atoms with Gasteiger partial charge in [0, 0.05) is 13.0 Å². The summed E-state index contributed by atoms with van der Waals surface area (Å²) in [5.74, 6) is 0.410. The van der Waals surface area contributed by atoms with Gasteiger partial charge in [0.15, 0.2) is 0 Å². The maximum Gasteiger partial charge on any atom is 0.0837 e. The molecule has 17 heavy (non-hydrogen) atoms. The van der Waals surface area contributed by atoms with Gasteiger partial charge in [0.2, 0.25) is 0 Å². The molecule has 3 N–H and O–H groups in total. The summed E-state index contributed by atoms with van der Waals surface area (Å²) in [5, 5.41) is 10.6. The van der Waals surface area contributed by atoms with Crippen LogP contribution in [0.3, 0.4) is 0 Å². The third-order valence-corrected chi connectivity index (χ3v) is 4.01. The molecule has 1 aromatic rings. The lowest BCUT2D eigenvalue weighted by atomic mass is 9.85. The Kier molecular flexibility index (Phi) is 3.28. The Labute approximate surface area is 104 Å². The Hall–Kier alpha value is -0.860. The molecule has 1 fully saturated rings. The number of benzene rings is 1. The molecule has 1 aliphatic rings. The summed E-state index contributed by atoms with van der Waals surface area (Å²) in [6.07, 6.45) is 2.95. The van der Waals surface area contributed by atoms with E-state index in [1.807, 2.05) is 0 Å². The highest BCUT2D eigenvalue weighted by Crippen LogP contribution is 2.41. The van der Waals surface area contributed by atoms with Gasteiger partial charge in [-0.1, -0.05) is 17.7 Å². The molecule has 0 heterocycles. The Morgan fingerprint density at radius 1 is 1.24 bits per heavy atom. The molecule has 0 bridgehead atoms. The highest BCUT2D eigenvalue weighted by atomic mass is 16.3. The summed E-state index contributed by atoms with van der Waals surface area (Å²) >= 11 is 0. The van der Waals surface area contributed by atoms with E-state index in [4.69, 9.17) is 5.73 Å². The predicted octanol–water partition coefficient (Wildman–Crippen LogP) is 2.25. The fraction of sp³-hybridized carbons (Fsp3) is 0.600. The topological polar surface area (TPSA) is 46.2 Å². The van der Waals surface area contributed by atoms with E-state index < -0.39 is 5.60 Å². The maximum absolute atomic E-state index is 10.6. The Morgan fingerprint density at radius 2 is 1.76 bits per heavy atom. The Morgan fingerprint density at radius 3 is 2.18 bits per heavy atom. The quantitative estimate of drug-likeness (QED) is 0.838. The second-order valence-corrected chi connectivity index (χ2v) is 5.64. The van der Waals surface area contributed by atoms with Crippen LogP contribution >= 0.6 is 0 Å². The first kappa shape index (κ1) is 12.6. The average Bonchev–Trinajstić information content (AvgIpc) is 3.07. The molecule has 2 heteroatoms. The summed E-state index contributed by atoms with van der Waals surface area (Å²) < 4.78 is 0. The van der Waals surface area contributed by atoms with E-state index in [0.29, 0.717) is 18.9 Å². The fourth-order valence-corrected chi connectivity index (χ4v) is 2.80. The first-order chi connectivity index (χ1) is 7.96. The third kappa shape index (κ3) is 2.53. The van der Waals surface area contributed by atoms with E-state index >= 15 is 0 Å². The van der Waals surface area contributed by atoms with Crippen LogP contribution in [0.2, 0.25) is 0 Å². The molecule has 0 spiro atoms. The standard InChI is InChI=1S/C15H23NO/c1-10-6-11(2)14(12(3)7-10)8-15(17,9-16)13-4-5-13/h6-7,13,17H,4-5,8-9,16H2,1-3H3. The zero-order valence-electron chi connectivity index (χ0n) is 11.1. The number of aliphatic hydroxyl groups is 1. The van der Waals surface area contributed by atoms with Crippen LogP contribution in [0.1, 0.15) is 35.1 Å². The molecule has 2 nitrogen and oxygen atoms in total. The van der Waals surface area contributed by atoms with Crippen molar-refractivity contribution < 1.29 is 5.11 Å². The van der Waals surface area contributed by atoms with Crippen LogP contribution in [-0.2, 0) is 6.42 Å². The van der Waals surface area contributed by atoms with E-state index in [1.54, 1.807) is 0 Å². The molecule has 1 saturated carbocycles. The van der Waals surface area contributed by atoms with Gasteiger partial charge in [0.1, 0.15) is 0 Å². The van der Waals surface area contributed by atoms with Gasteiger partial charge in [0.25, 0.3) is 0 Å². The van der Waals surface area contributed by atoms with E-state index in [2.05, 4.69) is 32.9 Å². The SMILES string of the molecule is Cc1cc(C)c(CC(O)(CN)C2CC2)c(C)c1. The normalized spacial score (nSPS) is 19.1. The molecule has 2 rings (SSSR count). The highest BCUT2D eigenvalue weighted by molar-refractivity contribution is 5.38. The van der Waals surface area contributed by atoms with Crippen LogP contribution in [0.4, 0.5) is 0 Å². The van der Waals surface area contributed by atoms with Gasteiger partial charge in [-0.2, -0.15) is 0 Å². The number of hydrogen-bond donors (Lipinski definition) is 2. The second-order valence-electron chi connectivity index (χ2n) is 5.64. The number of rotatable bonds is 4. The third-order valence-electron chi connectivity index (χ3n) is 4.01. The van der Waals surface area contributed by atoms with Crippen LogP contribution in [0.5, 0.6) is 0 Å². The van der Waals surface area contributed by atoms with Crippen molar-refractivity contribution in [1.82, 2.24) is 0 Å². The molecule has 0 saturated heterocycles. The van der Waals surface area contributed by atoms with Gasteiger partial charge in [-0.3, -0.25) is 0 Å². The van der Waals surface area contributed by atoms with Crippen molar-refractivity contribution in [3.63, 3.8) is 0 Å². The molecule has 0 radical (unpaired) electrons. The van der Waals surface area contributed by atoms with Gasteiger partial charge in [-0.05, 0) is 56.2 Å². The van der Waals surface area contributed by atoms with Crippen LogP contribution in [-0.4, -0.2) is 17.3 Å². The molecule has 1 unspecified atom stereocenters. The Balaban J connectivity index is 2.28. The summed E-state index contributed by atoms with van der Waals surface area (Å²) in [6.45, 7) is 6.72. The molecule has 1 aromatic carbocycles. The van der Waals surface area contributed by atoms with E-state index in [0.717, 1.165) is 12.8 Å². The molecular weight excluding hydrogens is 210 g/mol. The molecule has 0 aliphatic heterocycles. The van der Waals surface area contributed by atoms with Gasteiger partial charge < -0.3 is 10.8 Å². The lowest BCUT2D eigenvalue weighted by molar-refractivity contribution is 0.0264. The van der Waals surface area contributed by atoms with Crippen molar-refractivity contribution in [1.29, 1.82) is 0 Å². The molecule has 1 atom stereocenters. The van der Waals surface area contributed by atoms with Crippen molar-refractivity contribution in [2.45, 2.75) is 45.6 Å². The predicted molar refractivity (Wildman–Crippen MR) is 71.1 cm³/mol. The van der Waals surface area contributed by atoms with E-state index in [9.17, 15) is 5.11 Å². The molecular formula is C15H23NO. The minimum atomic E-state index is -0.690. The number of aryl methyl sites for hydroxylation is 3. The molecule has 1 aliphatic carbocycles. The van der Waals surface area contributed by atoms with E-state index in [-0.39, 0.29) is 0 Å². The molecule has 0 aromatic heterocycles. The van der Waals surface area contributed by atoms with Crippen LogP contribution in [0, 0.1) is 26.7 Å². The zero-order chi connectivity index (χ0) is 12.6. The number of hydrogen-bond acceptors (Lipinski definition) is 2. The first-order valence-corrected chi connectivity index (χ1v) is 6.45. The summed E-state index contributed by atoms with van der Waals surface area (Å²) in [6, 6.07) is 4.37. The maximum atomic E-state index is 10.6. The lowest BCUT2D eigenvalue weighted by Gasteiger charge is -2.28. The summed E-state index contributed by atoms with van der Waals surface area (Å²) in [4.78, 5) is 0. The highest BCUT2D eigenvalue weighted by Gasteiger charge is 2.43. The minimum Gasteiger partial charge on any atom is -0.388 e. The van der Waals surface area contributed by atoms with Crippen molar-refractivity contribution in [3.8, 4) is 0 Å². The van der Waals surface area contributed by atoms with Gasteiger partial charge in [-0.25, -0.2) is 0 Å². The van der Waals surface area contributed by atoms with Crippen LogP contribution in [0.15, 0.2) is 12.1 Å². The van der Waals surface area contributed by atoms with Crippen molar-refractivity contribution in [2.75, 3.05) is 6.54 Å². The van der Waals surface area contributed by atoms with Crippen molar-refractivity contribution >= 4 is 0 Å². The first-order valence-electron chi connectivity index (χ1n) is 6.45. The van der Waals surface area contributed by atoms with Crippen molar-refractivity contribution in [3.05, 3.63) is 34.4 Å². The van der Waals surface area contributed by atoms with Gasteiger partial charge in [0.05, 0.1) is 5.60 Å². The number of nitrogens with two attached hydrogens (primary N) is 1. The van der Waals surface area contributed by atoms with Gasteiger partial charge >= 0.3 is 0 Å². The lowest BCUT2D eigenvalue weighted by Crippen LogP contribution is -2.42. The second kappa shape index (κ2) is 4.43. The van der Waals surface area contributed by atoms with E-state index in [1.165, 1.54) is 22.3 Å². The monoisotopic (exact) mass is 233 g/mol. The summed E-state index contributed by atoms with van der Waals surface area (Å²) in [7, 11) is 0. The molecule has 0 amide bonds. The van der Waals surface area contributed by atoms with Gasteiger partial charge in [-0.15, -0.1) is 0 Å². The summed E-state index contributed by atoms with van der Waals surface area (Å²) in [5.41, 5.74) is 10.2. The van der Waals surface area contributed by atoms with Crippen LogP contribution < -0.4 is 5.73 Å². The molecule has 94 valence electrons. The fourth-order valence-electron chi connectivity index (χ4n) is 2.80. The van der Waals surface area contributed by atoms with Crippen LogP contribution in [0.25, 0.3) is 0 Å². The average molecular weight is 233 g/mol. The largest absolute Gasteiger partial charge is 0.388 e. The minimum absolute atomic E-state index is 0.365. The smallest absolute Gasteiger partial charge is 0.0837 e. The Bertz CT molecular complexity index is 400.